The molecular weight excluding hydrogens is 234 g/mol. The third-order valence-corrected chi connectivity index (χ3v) is 4.22. The van der Waals surface area contributed by atoms with Crippen molar-refractivity contribution in [2.24, 2.45) is 0 Å². The second-order valence-electron chi connectivity index (χ2n) is 5.24. The Morgan fingerprint density at radius 2 is 1.58 bits per heavy atom. The Kier molecular flexibility index (Phi) is 2.97. The van der Waals surface area contributed by atoms with Crippen LogP contribution in [0.1, 0.15) is 25.7 Å². The first kappa shape index (κ1) is 11.8. The molecule has 2 bridgehead atoms. The predicted molar refractivity (Wildman–Crippen MR) is 73.2 cm³/mol. The number of benzene rings is 1. The molecule has 0 spiro atoms. The van der Waals surface area contributed by atoms with Crippen molar-refractivity contribution in [3.63, 3.8) is 0 Å². The zero-order chi connectivity index (χ0) is 13.2. The second-order valence-corrected chi connectivity index (χ2v) is 5.24. The molecule has 1 aromatic carbocycles. The van der Waals surface area contributed by atoms with E-state index < -0.39 is 0 Å². The van der Waals surface area contributed by atoms with Crippen LogP contribution in [0, 0.1) is 22.7 Å². The average molecular weight is 249 g/mol. The van der Waals surface area contributed by atoms with Gasteiger partial charge in [-0.15, -0.1) is 0 Å². The van der Waals surface area contributed by atoms with Crippen LogP contribution in [0.15, 0.2) is 41.5 Å². The zero-order valence-electron chi connectivity index (χ0n) is 10.7. The lowest BCUT2D eigenvalue weighted by atomic mass is 9.92. The first-order valence-corrected chi connectivity index (χ1v) is 6.69. The lowest BCUT2D eigenvalue weighted by molar-refractivity contribution is 0.548. The first-order chi connectivity index (χ1) is 9.33. The Labute approximate surface area is 113 Å². The maximum absolute atomic E-state index is 9.01. The first-order valence-electron chi connectivity index (χ1n) is 6.69. The van der Waals surface area contributed by atoms with E-state index in [9.17, 15) is 0 Å². The summed E-state index contributed by atoms with van der Waals surface area (Å²) in [5.74, 6) is 0. The molecule has 0 saturated carbocycles. The van der Waals surface area contributed by atoms with E-state index in [0.717, 1.165) is 31.3 Å². The fourth-order valence-corrected chi connectivity index (χ4v) is 3.42. The number of piperidine rings is 1. The molecule has 0 amide bonds. The van der Waals surface area contributed by atoms with E-state index in [0.29, 0.717) is 17.7 Å². The van der Waals surface area contributed by atoms with Crippen LogP contribution in [-0.2, 0) is 0 Å². The third-order valence-electron chi connectivity index (χ3n) is 4.22. The van der Waals surface area contributed by atoms with Gasteiger partial charge in [-0.1, -0.05) is 18.2 Å². The highest BCUT2D eigenvalue weighted by atomic mass is 15.2. The molecule has 2 heterocycles. The van der Waals surface area contributed by atoms with E-state index in [-0.39, 0.29) is 0 Å². The normalized spacial score (nSPS) is 24.7. The maximum atomic E-state index is 9.01. The summed E-state index contributed by atoms with van der Waals surface area (Å²) in [5.41, 5.74) is 2.67. The summed E-state index contributed by atoms with van der Waals surface area (Å²) in [6.07, 6.45) is 4.05. The molecule has 3 rings (SSSR count). The number of para-hydroxylation sites is 1. The highest BCUT2D eigenvalue weighted by Crippen LogP contribution is 2.42. The number of anilines is 1. The van der Waals surface area contributed by atoms with E-state index in [1.165, 1.54) is 5.69 Å². The molecule has 0 aliphatic carbocycles. The van der Waals surface area contributed by atoms with Gasteiger partial charge in [-0.3, -0.25) is 0 Å². The number of hydrogen-bond donors (Lipinski definition) is 0. The molecule has 19 heavy (non-hydrogen) atoms. The van der Waals surface area contributed by atoms with Crippen LogP contribution in [0.5, 0.6) is 0 Å². The van der Waals surface area contributed by atoms with E-state index >= 15 is 0 Å². The summed E-state index contributed by atoms with van der Waals surface area (Å²) in [4.78, 5) is 2.48. The quantitative estimate of drug-likeness (QED) is 0.718. The largest absolute Gasteiger partial charge is 0.365 e. The summed E-state index contributed by atoms with van der Waals surface area (Å²) in [6, 6.07) is 15.5. The topological polar surface area (TPSA) is 50.8 Å². The van der Waals surface area contributed by atoms with E-state index in [1.54, 1.807) is 0 Å². The van der Waals surface area contributed by atoms with Gasteiger partial charge in [0.05, 0.1) is 0 Å². The molecule has 0 radical (unpaired) electrons. The molecule has 2 fully saturated rings. The Morgan fingerprint density at radius 1 is 1.00 bits per heavy atom. The molecule has 0 aromatic heterocycles. The van der Waals surface area contributed by atoms with Crippen molar-refractivity contribution in [3.8, 4) is 12.1 Å². The van der Waals surface area contributed by atoms with Gasteiger partial charge in [-0.25, -0.2) is 0 Å². The Hall–Kier alpha value is -2.26. The van der Waals surface area contributed by atoms with Crippen LogP contribution >= 0.6 is 0 Å². The molecule has 3 nitrogen and oxygen atoms in total. The lowest BCUT2D eigenvalue weighted by Gasteiger charge is -2.38. The van der Waals surface area contributed by atoms with Crippen LogP contribution in [0.2, 0.25) is 0 Å². The van der Waals surface area contributed by atoms with Crippen molar-refractivity contribution < 1.29 is 0 Å². The molecule has 2 aliphatic rings. The highest BCUT2D eigenvalue weighted by molar-refractivity contribution is 5.53. The van der Waals surface area contributed by atoms with Gasteiger partial charge in [-0.05, 0) is 43.4 Å². The molecule has 3 heteroatoms. The van der Waals surface area contributed by atoms with Gasteiger partial charge in [0, 0.05) is 17.8 Å². The Morgan fingerprint density at radius 3 is 2.11 bits per heavy atom. The summed E-state index contributed by atoms with van der Waals surface area (Å²) < 4.78 is 0. The van der Waals surface area contributed by atoms with Gasteiger partial charge < -0.3 is 4.90 Å². The van der Waals surface area contributed by atoms with Gasteiger partial charge in [0.2, 0.25) is 0 Å². The van der Waals surface area contributed by atoms with Gasteiger partial charge in [0.1, 0.15) is 17.7 Å². The smallest absolute Gasteiger partial charge is 0.129 e. The Balaban J connectivity index is 1.91. The fraction of sp³-hybridized carbons (Fsp3) is 0.375. The zero-order valence-corrected chi connectivity index (χ0v) is 10.7. The molecular formula is C16H15N3. The molecule has 1 aromatic rings. The number of nitriles is 2. The molecule has 94 valence electrons. The summed E-state index contributed by atoms with van der Waals surface area (Å²) >= 11 is 0. The minimum absolute atomic E-state index is 0.338. The van der Waals surface area contributed by atoms with Gasteiger partial charge >= 0.3 is 0 Å². The van der Waals surface area contributed by atoms with Crippen LogP contribution in [0.3, 0.4) is 0 Å². The second kappa shape index (κ2) is 4.78. The summed E-state index contributed by atoms with van der Waals surface area (Å²) in [5, 5.41) is 18.0. The predicted octanol–water partition coefficient (Wildman–Crippen LogP) is 3.16. The van der Waals surface area contributed by atoms with Crippen molar-refractivity contribution in [2.75, 3.05) is 4.90 Å². The molecule has 2 aliphatic heterocycles. The summed E-state index contributed by atoms with van der Waals surface area (Å²) in [6.45, 7) is 0. The van der Waals surface area contributed by atoms with E-state index in [4.69, 9.17) is 10.5 Å². The van der Waals surface area contributed by atoms with Crippen molar-refractivity contribution in [3.05, 3.63) is 41.5 Å². The van der Waals surface area contributed by atoms with Crippen LogP contribution < -0.4 is 4.90 Å². The number of nitrogens with zero attached hydrogens (tertiary/aromatic N) is 3. The van der Waals surface area contributed by atoms with Crippen molar-refractivity contribution in [2.45, 2.75) is 37.8 Å². The number of fused-ring (bicyclic) bond motifs is 2. The highest BCUT2D eigenvalue weighted by Gasteiger charge is 2.39. The third kappa shape index (κ3) is 1.98. The Bertz CT molecular complexity index is 557. The minimum Gasteiger partial charge on any atom is -0.365 e. The van der Waals surface area contributed by atoms with E-state index in [1.807, 2.05) is 18.2 Å². The lowest BCUT2D eigenvalue weighted by Crippen LogP contribution is -2.40. The minimum atomic E-state index is 0.338. The van der Waals surface area contributed by atoms with Crippen LogP contribution in [0.25, 0.3) is 0 Å². The maximum Gasteiger partial charge on any atom is 0.129 e. The van der Waals surface area contributed by atoms with Crippen molar-refractivity contribution in [1.82, 2.24) is 0 Å². The van der Waals surface area contributed by atoms with E-state index in [2.05, 4.69) is 29.2 Å². The van der Waals surface area contributed by atoms with Gasteiger partial charge in [0.15, 0.2) is 0 Å². The standard InChI is InChI=1S/C16H15N3/c17-10-13(11-18)12-8-15-6-7-16(9-12)19(15)14-4-2-1-3-5-14/h1-5,15-16H,6-9H2/t15-,16+. The summed E-state index contributed by atoms with van der Waals surface area (Å²) in [7, 11) is 0. The molecule has 0 unspecified atom stereocenters. The number of rotatable bonds is 1. The average Bonchev–Trinajstić information content (AvgIpc) is 2.72. The monoisotopic (exact) mass is 249 g/mol. The number of hydrogen-bond acceptors (Lipinski definition) is 3. The van der Waals surface area contributed by atoms with Crippen LogP contribution in [-0.4, -0.2) is 12.1 Å². The van der Waals surface area contributed by atoms with Gasteiger partial charge in [0.25, 0.3) is 0 Å². The molecule has 0 N–H and O–H groups in total. The SMILES string of the molecule is N#CC(C#N)=C1C[C@H]2CC[C@@H](C1)N2c1ccccc1. The molecule has 2 atom stereocenters. The van der Waals surface area contributed by atoms with Crippen molar-refractivity contribution in [1.29, 1.82) is 10.5 Å². The fourth-order valence-electron chi connectivity index (χ4n) is 3.42. The van der Waals surface area contributed by atoms with Crippen LogP contribution in [0.4, 0.5) is 5.69 Å². The number of allylic oxidation sites excluding steroid dienone is 1. The van der Waals surface area contributed by atoms with Gasteiger partial charge in [-0.2, -0.15) is 10.5 Å². The van der Waals surface area contributed by atoms with Crippen molar-refractivity contribution >= 4 is 5.69 Å². The molecule has 2 saturated heterocycles.